The summed E-state index contributed by atoms with van der Waals surface area (Å²) < 4.78 is 0. The van der Waals surface area contributed by atoms with E-state index >= 15 is 0 Å². The van der Waals surface area contributed by atoms with Gasteiger partial charge in [0, 0.05) is 17.2 Å². The van der Waals surface area contributed by atoms with E-state index in [9.17, 15) is 0 Å². The van der Waals surface area contributed by atoms with Crippen molar-refractivity contribution in [1.29, 1.82) is 0 Å². The fourth-order valence-corrected chi connectivity index (χ4v) is 1.35. The smallest absolute Gasteiger partial charge is 0.135 e. The predicted molar refractivity (Wildman–Crippen MR) is 55.2 cm³/mol. The Hall–Kier alpha value is -0.630. The number of halogens is 1. The van der Waals surface area contributed by atoms with Crippen molar-refractivity contribution in [2.24, 2.45) is 0 Å². The lowest BCUT2D eigenvalue weighted by Gasteiger charge is -2.09. The van der Waals surface area contributed by atoms with Crippen LogP contribution in [0.2, 0.25) is 5.15 Å². The second-order valence-corrected chi connectivity index (χ2v) is 3.81. The molecule has 0 radical (unpaired) electrons. The molecule has 0 aliphatic rings. The number of hydrogen-bond donors (Lipinski definition) is 0. The highest BCUT2D eigenvalue weighted by molar-refractivity contribution is 6.30. The van der Waals surface area contributed by atoms with E-state index in [2.05, 4.69) is 30.7 Å². The minimum absolute atomic E-state index is 0.336. The monoisotopic (exact) mass is 198 g/mol. The highest BCUT2D eigenvalue weighted by Gasteiger charge is 2.09. The molecule has 1 aromatic rings. The van der Waals surface area contributed by atoms with Crippen molar-refractivity contribution < 1.29 is 0 Å². The standard InChI is InChI=1S/C10H15ClN2/c1-5-8-7(4)9(11)13-10(12-8)6(2)3/h6H,5H2,1-4H3. The first-order chi connectivity index (χ1) is 6.06. The molecule has 72 valence electrons. The van der Waals surface area contributed by atoms with Gasteiger partial charge in [-0.1, -0.05) is 32.4 Å². The highest BCUT2D eigenvalue weighted by atomic mass is 35.5. The molecule has 0 fully saturated rings. The van der Waals surface area contributed by atoms with E-state index in [4.69, 9.17) is 11.6 Å². The van der Waals surface area contributed by atoms with Crippen molar-refractivity contribution in [3.63, 3.8) is 0 Å². The quantitative estimate of drug-likeness (QED) is 0.683. The fraction of sp³-hybridized carbons (Fsp3) is 0.600. The SMILES string of the molecule is CCc1nc(C(C)C)nc(Cl)c1C. The Bertz CT molecular complexity index is 308. The first kappa shape index (κ1) is 10.5. The van der Waals surface area contributed by atoms with Gasteiger partial charge < -0.3 is 0 Å². The number of aromatic nitrogens is 2. The van der Waals surface area contributed by atoms with Crippen LogP contribution in [0.4, 0.5) is 0 Å². The van der Waals surface area contributed by atoms with Gasteiger partial charge in [0.05, 0.1) is 0 Å². The molecule has 3 heteroatoms. The molecule has 0 N–H and O–H groups in total. The number of rotatable bonds is 2. The summed E-state index contributed by atoms with van der Waals surface area (Å²) in [5.74, 6) is 1.18. The lowest BCUT2D eigenvalue weighted by atomic mass is 10.1. The van der Waals surface area contributed by atoms with Gasteiger partial charge in [-0.2, -0.15) is 0 Å². The molecule has 0 saturated carbocycles. The minimum Gasteiger partial charge on any atom is -0.237 e. The van der Waals surface area contributed by atoms with Crippen LogP contribution in [-0.2, 0) is 6.42 Å². The summed E-state index contributed by atoms with van der Waals surface area (Å²) in [6.07, 6.45) is 0.911. The van der Waals surface area contributed by atoms with Gasteiger partial charge in [-0.25, -0.2) is 9.97 Å². The Morgan fingerprint density at radius 2 is 1.92 bits per heavy atom. The van der Waals surface area contributed by atoms with E-state index in [0.29, 0.717) is 11.1 Å². The Labute approximate surface area is 84.4 Å². The van der Waals surface area contributed by atoms with Crippen molar-refractivity contribution in [3.05, 3.63) is 22.2 Å². The second kappa shape index (κ2) is 4.05. The third kappa shape index (κ3) is 2.19. The van der Waals surface area contributed by atoms with Crippen LogP contribution in [0.25, 0.3) is 0 Å². The van der Waals surface area contributed by atoms with Gasteiger partial charge >= 0.3 is 0 Å². The van der Waals surface area contributed by atoms with Crippen molar-refractivity contribution in [3.8, 4) is 0 Å². The Kier molecular flexibility index (Phi) is 3.26. The van der Waals surface area contributed by atoms with Crippen molar-refractivity contribution >= 4 is 11.6 Å². The molecule has 0 aliphatic carbocycles. The molecule has 2 nitrogen and oxygen atoms in total. The van der Waals surface area contributed by atoms with E-state index in [1.165, 1.54) is 0 Å². The Morgan fingerprint density at radius 3 is 2.38 bits per heavy atom. The van der Waals surface area contributed by atoms with E-state index in [0.717, 1.165) is 23.5 Å². The van der Waals surface area contributed by atoms with Crippen LogP contribution in [0.3, 0.4) is 0 Å². The van der Waals surface area contributed by atoms with Crippen molar-refractivity contribution in [1.82, 2.24) is 9.97 Å². The molecule has 1 heterocycles. The summed E-state index contributed by atoms with van der Waals surface area (Å²) in [5.41, 5.74) is 2.07. The average Bonchev–Trinajstić information content (AvgIpc) is 2.09. The molecule has 1 rings (SSSR count). The summed E-state index contributed by atoms with van der Waals surface area (Å²) in [4.78, 5) is 8.69. The maximum Gasteiger partial charge on any atom is 0.135 e. The molecular weight excluding hydrogens is 184 g/mol. The third-order valence-corrected chi connectivity index (χ3v) is 2.42. The van der Waals surface area contributed by atoms with Gasteiger partial charge in [0.2, 0.25) is 0 Å². The Morgan fingerprint density at radius 1 is 1.31 bits per heavy atom. The molecular formula is C10H15ClN2. The first-order valence-corrected chi connectivity index (χ1v) is 4.97. The van der Waals surface area contributed by atoms with Gasteiger partial charge in [0.1, 0.15) is 11.0 Å². The molecule has 1 aromatic heterocycles. The third-order valence-electron chi connectivity index (χ3n) is 2.06. The maximum atomic E-state index is 5.99. The average molecular weight is 199 g/mol. The summed E-state index contributed by atoms with van der Waals surface area (Å²) >= 11 is 5.99. The van der Waals surface area contributed by atoms with E-state index in [-0.39, 0.29) is 0 Å². The molecule has 0 bridgehead atoms. The molecule has 0 atom stereocenters. The molecule has 0 saturated heterocycles. The zero-order valence-corrected chi connectivity index (χ0v) is 9.31. The van der Waals surface area contributed by atoms with Crippen LogP contribution in [-0.4, -0.2) is 9.97 Å². The summed E-state index contributed by atoms with van der Waals surface area (Å²) in [7, 11) is 0. The molecule has 0 spiro atoms. The van der Waals surface area contributed by atoms with Gasteiger partial charge in [0.25, 0.3) is 0 Å². The molecule has 13 heavy (non-hydrogen) atoms. The summed E-state index contributed by atoms with van der Waals surface area (Å²) in [6.45, 7) is 8.18. The number of nitrogens with zero attached hydrogens (tertiary/aromatic N) is 2. The normalized spacial score (nSPS) is 10.9. The number of aryl methyl sites for hydroxylation is 1. The van der Waals surface area contributed by atoms with Crippen LogP contribution in [0.1, 0.15) is 43.8 Å². The van der Waals surface area contributed by atoms with Gasteiger partial charge in [-0.15, -0.1) is 0 Å². The number of hydrogen-bond acceptors (Lipinski definition) is 2. The lowest BCUT2D eigenvalue weighted by molar-refractivity contribution is 0.754. The molecule has 0 aromatic carbocycles. The van der Waals surface area contributed by atoms with E-state index in [1.54, 1.807) is 0 Å². The topological polar surface area (TPSA) is 25.8 Å². The summed E-state index contributed by atoms with van der Waals surface area (Å²) in [6, 6.07) is 0. The second-order valence-electron chi connectivity index (χ2n) is 3.45. The molecule has 0 unspecified atom stereocenters. The van der Waals surface area contributed by atoms with Crippen LogP contribution in [0, 0.1) is 6.92 Å². The van der Waals surface area contributed by atoms with Gasteiger partial charge in [-0.3, -0.25) is 0 Å². The summed E-state index contributed by atoms with van der Waals surface area (Å²) in [5, 5.41) is 0.593. The van der Waals surface area contributed by atoms with Crippen LogP contribution < -0.4 is 0 Å². The maximum absolute atomic E-state index is 5.99. The molecule has 0 aliphatic heterocycles. The zero-order valence-electron chi connectivity index (χ0n) is 8.56. The van der Waals surface area contributed by atoms with Crippen molar-refractivity contribution in [2.45, 2.75) is 40.0 Å². The zero-order chi connectivity index (χ0) is 10.0. The van der Waals surface area contributed by atoms with Crippen molar-refractivity contribution in [2.75, 3.05) is 0 Å². The van der Waals surface area contributed by atoms with Crippen LogP contribution in [0.5, 0.6) is 0 Å². The largest absolute Gasteiger partial charge is 0.237 e. The first-order valence-electron chi connectivity index (χ1n) is 4.59. The minimum atomic E-state index is 0.336. The highest BCUT2D eigenvalue weighted by Crippen LogP contribution is 2.19. The lowest BCUT2D eigenvalue weighted by Crippen LogP contribution is -2.04. The van der Waals surface area contributed by atoms with Gasteiger partial charge in [0.15, 0.2) is 0 Å². The van der Waals surface area contributed by atoms with Crippen LogP contribution in [0.15, 0.2) is 0 Å². The van der Waals surface area contributed by atoms with Gasteiger partial charge in [-0.05, 0) is 13.3 Å². The van der Waals surface area contributed by atoms with E-state index < -0.39 is 0 Å². The fourth-order valence-electron chi connectivity index (χ4n) is 1.15. The predicted octanol–water partition coefficient (Wildman–Crippen LogP) is 3.12. The van der Waals surface area contributed by atoms with E-state index in [1.807, 2.05) is 6.92 Å². The molecule has 0 amide bonds. The Balaban J connectivity index is 3.22. The van der Waals surface area contributed by atoms with Crippen LogP contribution >= 0.6 is 11.6 Å².